The number of carbonyl (C=O) groups excluding carboxylic acids is 2. The van der Waals surface area contributed by atoms with Crippen molar-refractivity contribution in [1.82, 2.24) is 19.7 Å². The van der Waals surface area contributed by atoms with E-state index in [0.29, 0.717) is 44.0 Å². The first-order valence-electron chi connectivity index (χ1n) is 10.7. The number of carbonyl (C=O) groups is 2. The summed E-state index contributed by atoms with van der Waals surface area (Å²) >= 11 is 8.60. The first-order valence-corrected chi connectivity index (χ1v) is 12.8. The average molecular weight is 524 g/mol. The minimum absolute atomic E-state index is 0.102. The second-order valence-electron chi connectivity index (χ2n) is 7.27. The summed E-state index contributed by atoms with van der Waals surface area (Å²) in [6.45, 7) is 10.1. The molecule has 1 aromatic carbocycles. The molecule has 1 N–H and O–H groups in total. The summed E-state index contributed by atoms with van der Waals surface area (Å²) in [4.78, 5) is 29.0. The SMILES string of the molecule is CCOC(=O)c1sc(NC(=O)CSc2nnc(C(C)Oc3cc(C)ccc3Cl)n2CC)nc1C. The number of hydrogen-bond donors (Lipinski definition) is 1. The Morgan fingerprint density at radius 2 is 2.03 bits per heavy atom. The highest BCUT2D eigenvalue weighted by atomic mass is 35.5. The largest absolute Gasteiger partial charge is 0.481 e. The van der Waals surface area contributed by atoms with Crippen molar-refractivity contribution in [2.24, 2.45) is 0 Å². The Morgan fingerprint density at radius 3 is 2.74 bits per heavy atom. The van der Waals surface area contributed by atoms with Crippen LogP contribution in [0, 0.1) is 13.8 Å². The number of thiazole rings is 1. The van der Waals surface area contributed by atoms with Crippen LogP contribution in [-0.4, -0.2) is 44.0 Å². The van der Waals surface area contributed by atoms with Gasteiger partial charge in [0.05, 0.1) is 23.1 Å². The minimum atomic E-state index is -0.445. The number of anilines is 1. The second-order valence-corrected chi connectivity index (χ2v) is 9.62. The molecule has 9 nitrogen and oxygen atoms in total. The van der Waals surface area contributed by atoms with Gasteiger partial charge < -0.3 is 19.4 Å². The highest BCUT2D eigenvalue weighted by molar-refractivity contribution is 7.99. The van der Waals surface area contributed by atoms with Crippen LogP contribution in [0.4, 0.5) is 5.13 Å². The van der Waals surface area contributed by atoms with E-state index in [1.807, 2.05) is 37.5 Å². The molecule has 0 saturated heterocycles. The number of thioether (sulfide) groups is 1. The van der Waals surface area contributed by atoms with Crippen LogP contribution in [0.2, 0.25) is 5.02 Å². The Morgan fingerprint density at radius 1 is 1.26 bits per heavy atom. The second kappa shape index (κ2) is 11.7. The van der Waals surface area contributed by atoms with E-state index in [1.165, 1.54) is 11.8 Å². The van der Waals surface area contributed by atoms with Crippen LogP contribution in [0.25, 0.3) is 0 Å². The van der Waals surface area contributed by atoms with Gasteiger partial charge in [0.25, 0.3) is 0 Å². The van der Waals surface area contributed by atoms with E-state index in [-0.39, 0.29) is 18.3 Å². The molecular formula is C22H26ClN5O4S2. The van der Waals surface area contributed by atoms with Gasteiger partial charge in [0, 0.05) is 6.54 Å². The van der Waals surface area contributed by atoms with Gasteiger partial charge in [0.2, 0.25) is 5.91 Å². The van der Waals surface area contributed by atoms with E-state index >= 15 is 0 Å². The summed E-state index contributed by atoms with van der Waals surface area (Å²) in [5.41, 5.74) is 1.56. The van der Waals surface area contributed by atoms with Gasteiger partial charge in [-0.1, -0.05) is 40.8 Å². The topological polar surface area (TPSA) is 108 Å². The summed E-state index contributed by atoms with van der Waals surface area (Å²) in [5, 5.41) is 12.7. The van der Waals surface area contributed by atoms with E-state index in [4.69, 9.17) is 21.1 Å². The quantitative estimate of drug-likeness (QED) is 0.290. The predicted molar refractivity (Wildman–Crippen MR) is 133 cm³/mol. The van der Waals surface area contributed by atoms with Crippen LogP contribution >= 0.6 is 34.7 Å². The maximum absolute atomic E-state index is 12.5. The number of nitrogens with zero attached hydrogens (tertiary/aromatic N) is 4. The smallest absolute Gasteiger partial charge is 0.350 e. The monoisotopic (exact) mass is 523 g/mol. The Labute approximate surface area is 211 Å². The Kier molecular flexibility index (Phi) is 8.92. The fourth-order valence-corrected chi connectivity index (χ4v) is 4.92. The molecule has 0 aliphatic carbocycles. The molecule has 12 heteroatoms. The lowest BCUT2D eigenvalue weighted by Gasteiger charge is -2.16. The van der Waals surface area contributed by atoms with E-state index in [9.17, 15) is 9.59 Å². The third-order valence-electron chi connectivity index (χ3n) is 4.65. The molecule has 3 rings (SSSR count). The van der Waals surface area contributed by atoms with Gasteiger partial charge in [0.15, 0.2) is 22.2 Å². The van der Waals surface area contributed by atoms with Crippen molar-refractivity contribution >= 4 is 51.7 Å². The number of hydrogen-bond acceptors (Lipinski definition) is 9. The van der Waals surface area contributed by atoms with E-state index in [0.717, 1.165) is 16.9 Å². The lowest BCUT2D eigenvalue weighted by atomic mass is 10.2. The first kappa shape index (κ1) is 26.0. The van der Waals surface area contributed by atoms with Crippen LogP contribution in [-0.2, 0) is 16.1 Å². The molecule has 0 aliphatic heterocycles. The van der Waals surface area contributed by atoms with Crippen LogP contribution in [0.1, 0.15) is 53.6 Å². The van der Waals surface area contributed by atoms with Crippen LogP contribution in [0.15, 0.2) is 23.4 Å². The zero-order valence-electron chi connectivity index (χ0n) is 19.5. The fourth-order valence-electron chi connectivity index (χ4n) is 3.07. The molecule has 3 aromatic rings. The van der Waals surface area contributed by atoms with Crippen molar-refractivity contribution in [2.45, 2.75) is 52.4 Å². The number of amides is 1. The number of aryl methyl sites for hydroxylation is 2. The normalized spacial score (nSPS) is 11.8. The molecule has 34 heavy (non-hydrogen) atoms. The molecular weight excluding hydrogens is 498 g/mol. The van der Waals surface area contributed by atoms with Gasteiger partial charge in [-0.15, -0.1) is 10.2 Å². The van der Waals surface area contributed by atoms with Gasteiger partial charge in [-0.3, -0.25) is 4.79 Å². The summed E-state index contributed by atoms with van der Waals surface area (Å²) in [5.74, 6) is 0.605. The van der Waals surface area contributed by atoms with Crippen LogP contribution in [0.3, 0.4) is 0 Å². The van der Waals surface area contributed by atoms with Crippen molar-refractivity contribution in [3.05, 3.63) is 45.2 Å². The number of benzene rings is 1. The molecule has 182 valence electrons. The van der Waals surface area contributed by atoms with Crippen molar-refractivity contribution in [1.29, 1.82) is 0 Å². The lowest BCUT2D eigenvalue weighted by Crippen LogP contribution is -2.15. The highest BCUT2D eigenvalue weighted by Crippen LogP contribution is 2.31. The van der Waals surface area contributed by atoms with Gasteiger partial charge in [-0.25, -0.2) is 9.78 Å². The Hall–Kier alpha value is -2.63. The molecule has 0 aliphatic rings. The molecule has 1 atom stereocenters. The zero-order valence-corrected chi connectivity index (χ0v) is 21.9. The zero-order chi connectivity index (χ0) is 24.8. The molecule has 2 aromatic heterocycles. The van der Waals surface area contributed by atoms with E-state index in [1.54, 1.807) is 19.9 Å². The van der Waals surface area contributed by atoms with E-state index in [2.05, 4.69) is 20.5 Å². The van der Waals surface area contributed by atoms with Crippen molar-refractivity contribution in [3.8, 4) is 5.75 Å². The lowest BCUT2D eigenvalue weighted by molar-refractivity contribution is -0.113. The molecule has 0 spiro atoms. The van der Waals surface area contributed by atoms with Gasteiger partial charge in [-0.2, -0.15) is 0 Å². The molecule has 0 bridgehead atoms. The van der Waals surface area contributed by atoms with E-state index < -0.39 is 12.1 Å². The van der Waals surface area contributed by atoms with Crippen molar-refractivity contribution < 1.29 is 19.1 Å². The fraction of sp³-hybridized carbons (Fsp3) is 0.409. The summed E-state index contributed by atoms with van der Waals surface area (Å²) in [7, 11) is 0. The molecule has 0 radical (unpaired) electrons. The molecule has 2 heterocycles. The summed E-state index contributed by atoms with van der Waals surface area (Å²) in [6.07, 6.45) is -0.394. The number of ether oxygens (including phenoxy) is 2. The van der Waals surface area contributed by atoms with Gasteiger partial charge in [0.1, 0.15) is 10.6 Å². The highest BCUT2D eigenvalue weighted by Gasteiger charge is 2.21. The minimum Gasteiger partial charge on any atom is -0.481 e. The maximum Gasteiger partial charge on any atom is 0.350 e. The number of esters is 1. The van der Waals surface area contributed by atoms with Gasteiger partial charge in [-0.05, 0) is 52.3 Å². The molecule has 1 amide bonds. The van der Waals surface area contributed by atoms with Crippen molar-refractivity contribution in [3.63, 3.8) is 0 Å². The average Bonchev–Trinajstić information content (AvgIpc) is 3.37. The summed E-state index contributed by atoms with van der Waals surface area (Å²) in [6, 6.07) is 5.58. The number of halogens is 1. The third-order valence-corrected chi connectivity index (χ3v) is 6.98. The Balaban J connectivity index is 1.63. The Bertz CT molecular complexity index is 1180. The van der Waals surface area contributed by atoms with Crippen LogP contribution in [0.5, 0.6) is 5.75 Å². The number of aromatic nitrogens is 4. The first-order chi connectivity index (χ1) is 16.2. The number of nitrogens with one attached hydrogen (secondary N) is 1. The molecule has 0 saturated carbocycles. The number of rotatable bonds is 10. The van der Waals surface area contributed by atoms with Crippen molar-refractivity contribution in [2.75, 3.05) is 17.7 Å². The molecule has 1 unspecified atom stereocenters. The molecule has 0 fully saturated rings. The third kappa shape index (κ3) is 6.28. The van der Waals surface area contributed by atoms with Gasteiger partial charge >= 0.3 is 5.97 Å². The maximum atomic E-state index is 12.5. The van der Waals surface area contributed by atoms with Crippen LogP contribution < -0.4 is 10.1 Å². The summed E-state index contributed by atoms with van der Waals surface area (Å²) < 4.78 is 12.9. The predicted octanol–water partition coefficient (Wildman–Crippen LogP) is 5.07. The standard InChI is InChI=1S/C22H26ClN5O4S2/c1-6-28-19(14(5)32-16-10-12(3)8-9-15(16)23)26-27-22(28)33-11-17(29)25-21-24-13(4)18(34-21)20(30)31-7-2/h8-10,14H,6-7,11H2,1-5H3,(H,24,25,29).